The predicted molar refractivity (Wildman–Crippen MR) is 32.6 cm³/mol. The van der Waals surface area contributed by atoms with E-state index >= 15 is 0 Å². The maximum absolute atomic E-state index is 7.17. The molecule has 0 aromatic rings. The molecular weight excluding hydrogens is 102 g/mol. The summed E-state index contributed by atoms with van der Waals surface area (Å²) < 4.78 is 0. The molecule has 1 radical (unpaired) electrons. The Kier molecular flexibility index (Phi) is 1.37. The van der Waals surface area contributed by atoms with Crippen LogP contribution < -0.4 is 5.73 Å². The van der Waals surface area contributed by atoms with Gasteiger partial charge in [0.2, 0.25) is 5.96 Å². The Labute approximate surface area is 49.2 Å². The minimum Gasteiger partial charge on any atom is -0.340 e. The Balaban J connectivity index is 2.46. The van der Waals surface area contributed by atoms with Crippen molar-refractivity contribution in [2.75, 3.05) is 19.6 Å². The van der Waals surface area contributed by atoms with Crippen molar-refractivity contribution < 1.29 is 0 Å². The molecule has 0 fully saturated rings. The van der Waals surface area contributed by atoms with Crippen LogP contribution in [-0.2, 0) is 0 Å². The lowest BCUT2D eigenvalue weighted by Gasteiger charge is -2.11. The van der Waals surface area contributed by atoms with Crippen molar-refractivity contribution in [2.24, 2.45) is 4.99 Å². The van der Waals surface area contributed by atoms with Gasteiger partial charge in [-0.05, 0) is 6.92 Å². The Hall–Kier alpha value is -0.730. The van der Waals surface area contributed by atoms with E-state index in [0.29, 0.717) is 5.96 Å². The summed E-state index contributed by atoms with van der Waals surface area (Å²) in [5.41, 5.74) is 7.17. The fraction of sp³-hybridized carbons (Fsp3) is 0.800. The Morgan fingerprint density at radius 1 is 1.88 bits per heavy atom. The molecule has 0 unspecified atom stereocenters. The van der Waals surface area contributed by atoms with Crippen molar-refractivity contribution in [1.29, 1.82) is 0 Å². The summed E-state index contributed by atoms with van der Waals surface area (Å²) in [6, 6.07) is 0. The van der Waals surface area contributed by atoms with Crippen LogP contribution in [0.4, 0.5) is 0 Å². The molecule has 0 saturated carbocycles. The van der Waals surface area contributed by atoms with Crippen LogP contribution in [0.25, 0.3) is 0 Å². The SMILES string of the molecule is CCN1CCN=C1[NH]. The summed E-state index contributed by atoms with van der Waals surface area (Å²) in [4.78, 5) is 5.84. The van der Waals surface area contributed by atoms with E-state index < -0.39 is 0 Å². The van der Waals surface area contributed by atoms with E-state index in [-0.39, 0.29) is 0 Å². The molecule has 0 aromatic carbocycles. The largest absolute Gasteiger partial charge is 0.340 e. The lowest BCUT2D eigenvalue weighted by atomic mass is 10.5. The summed E-state index contributed by atoms with van der Waals surface area (Å²) in [5, 5.41) is 0. The van der Waals surface area contributed by atoms with Gasteiger partial charge in [0.1, 0.15) is 0 Å². The first-order valence-electron chi connectivity index (χ1n) is 2.85. The Morgan fingerprint density at radius 3 is 2.88 bits per heavy atom. The van der Waals surface area contributed by atoms with Crippen LogP contribution >= 0.6 is 0 Å². The van der Waals surface area contributed by atoms with E-state index in [1.807, 2.05) is 11.8 Å². The van der Waals surface area contributed by atoms with E-state index in [1.165, 1.54) is 0 Å². The third-order valence-corrected chi connectivity index (χ3v) is 1.31. The molecular formula is C5H10N3. The molecule has 8 heavy (non-hydrogen) atoms. The first-order valence-corrected chi connectivity index (χ1v) is 2.85. The third kappa shape index (κ3) is 0.757. The third-order valence-electron chi connectivity index (χ3n) is 1.31. The quantitative estimate of drug-likeness (QED) is 0.469. The van der Waals surface area contributed by atoms with Crippen molar-refractivity contribution in [3.63, 3.8) is 0 Å². The van der Waals surface area contributed by atoms with Crippen LogP contribution in [0, 0.1) is 0 Å². The van der Waals surface area contributed by atoms with Crippen molar-refractivity contribution in [3.8, 4) is 0 Å². The zero-order valence-electron chi connectivity index (χ0n) is 5.02. The second-order valence-corrected chi connectivity index (χ2v) is 1.78. The summed E-state index contributed by atoms with van der Waals surface area (Å²) in [7, 11) is 0. The average Bonchev–Trinajstić information content (AvgIpc) is 2.14. The molecule has 1 heterocycles. The summed E-state index contributed by atoms with van der Waals surface area (Å²) in [6.45, 7) is 4.71. The number of hydrogen-bond acceptors (Lipinski definition) is 2. The van der Waals surface area contributed by atoms with Crippen LogP contribution in [0.15, 0.2) is 4.99 Å². The van der Waals surface area contributed by atoms with Gasteiger partial charge in [-0.15, -0.1) is 0 Å². The van der Waals surface area contributed by atoms with Gasteiger partial charge in [0.05, 0.1) is 6.54 Å². The number of nitrogens with zero attached hydrogens (tertiary/aromatic N) is 2. The van der Waals surface area contributed by atoms with Crippen molar-refractivity contribution in [3.05, 3.63) is 0 Å². The molecule has 0 atom stereocenters. The van der Waals surface area contributed by atoms with Crippen molar-refractivity contribution in [2.45, 2.75) is 6.92 Å². The fourth-order valence-electron chi connectivity index (χ4n) is 0.790. The van der Waals surface area contributed by atoms with Gasteiger partial charge in [-0.1, -0.05) is 0 Å². The average molecular weight is 112 g/mol. The monoisotopic (exact) mass is 112 g/mol. The zero-order chi connectivity index (χ0) is 5.98. The lowest BCUT2D eigenvalue weighted by molar-refractivity contribution is 0.477. The minimum absolute atomic E-state index is 0.451. The van der Waals surface area contributed by atoms with Gasteiger partial charge < -0.3 is 4.90 Å². The number of guanidine groups is 1. The number of aliphatic imine (C=N–C) groups is 1. The summed E-state index contributed by atoms with van der Waals surface area (Å²) in [5.74, 6) is 0.451. The normalized spacial score (nSPS) is 19.1. The second-order valence-electron chi connectivity index (χ2n) is 1.78. The van der Waals surface area contributed by atoms with Crippen LogP contribution in [0.1, 0.15) is 6.92 Å². The fourth-order valence-corrected chi connectivity index (χ4v) is 0.790. The van der Waals surface area contributed by atoms with Crippen LogP contribution in [-0.4, -0.2) is 30.5 Å². The molecule has 0 saturated heterocycles. The highest BCUT2D eigenvalue weighted by Crippen LogP contribution is 1.95. The molecule has 0 amide bonds. The van der Waals surface area contributed by atoms with Gasteiger partial charge in [-0.3, -0.25) is 5.73 Å². The van der Waals surface area contributed by atoms with Gasteiger partial charge in [0.25, 0.3) is 0 Å². The second kappa shape index (κ2) is 2.03. The van der Waals surface area contributed by atoms with E-state index in [2.05, 4.69) is 4.99 Å². The molecule has 0 bridgehead atoms. The molecule has 1 rings (SSSR count). The molecule has 3 nitrogen and oxygen atoms in total. The van der Waals surface area contributed by atoms with Crippen LogP contribution in [0.5, 0.6) is 0 Å². The predicted octanol–water partition coefficient (Wildman–Crippen LogP) is -0.0392. The Morgan fingerprint density at radius 2 is 2.62 bits per heavy atom. The first kappa shape index (κ1) is 5.41. The summed E-state index contributed by atoms with van der Waals surface area (Å²) in [6.07, 6.45) is 0. The molecule has 0 spiro atoms. The highest BCUT2D eigenvalue weighted by Gasteiger charge is 2.09. The van der Waals surface area contributed by atoms with Crippen molar-refractivity contribution >= 4 is 5.96 Å². The number of rotatable bonds is 1. The molecule has 3 heteroatoms. The number of nitrogens with one attached hydrogen (secondary N) is 1. The highest BCUT2D eigenvalue weighted by atomic mass is 15.3. The van der Waals surface area contributed by atoms with Gasteiger partial charge in [0.15, 0.2) is 0 Å². The highest BCUT2D eigenvalue weighted by molar-refractivity contribution is 5.78. The van der Waals surface area contributed by atoms with Crippen LogP contribution in [0.2, 0.25) is 0 Å². The smallest absolute Gasteiger partial charge is 0.213 e. The molecule has 1 aliphatic heterocycles. The van der Waals surface area contributed by atoms with E-state index in [0.717, 1.165) is 19.6 Å². The molecule has 0 aromatic heterocycles. The molecule has 0 aliphatic carbocycles. The van der Waals surface area contributed by atoms with E-state index in [1.54, 1.807) is 0 Å². The number of hydrogen-bond donors (Lipinski definition) is 0. The molecule has 1 aliphatic rings. The van der Waals surface area contributed by atoms with Crippen LogP contribution in [0.3, 0.4) is 0 Å². The number of likely N-dealkylation sites (N-methyl/N-ethyl adjacent to an activating group) is 1. The van der Waals surface area contributed by atoms with E-state index in [4.69, 9.17) is 5.73 Å². The molecule has 1 N–H and O–H groups in total. The topological polar surface area (TPSA) is 39.4 Å². The maximum atomic E-state index is 7.17. The van der Waals surface area contributed by atoms with Crippen molar-refractivity contribution in [1.82, 2.24) is 10.6 Å². The summed E-state index contributed by atoms with van der Waals surface area (Å²) >= 11 is 0. The van der Waals surface area contributed by atoms with Gasteiger partial charge in [0, 0.05) is 13.1 Å². The van der Waals surface area contributed by atoms with Gasteiger partial charge in [-0.2, -0.15) is 0 Å². The standard InChI is InChI=1S/C5H10N3/c1-2-8-4-3-7-5(8)6/h6H,2-4H2,1H3. The lowest BCUT2D eigenvalue weighted by Crippen LogP contribution is -2.27. The van der Waals surface area contributed by atoms with Gasteiger partial charge >= 0.3 is 0 Å². The maximum Gasteiger partial charge on any atom is 0.213 e. The minimum atomic E-state index is 0.451. The van der Waals surface area contributed by atoms with Gasteiger partial charge in [-0.25, -0.2) is 4.99 Å². The first-order chi connectivity index (χ1) is 3.84. The zero-order valence-corrected chi connectivity index (χ0v) is 5.02. The van der Waals surface area contributed by atoms with E-state index in [9.17, 15) is 0 Å². The Bertz CT molecular complexity index is 108. The molecule has 45 valence electrons.